The third-order valence-electron chi connectivity index (χ3n) is 2.80. The second kappa shape index (κ2) is 6.71. The van der Waals surface area contributed by atoms with Crippen molar-refractivity contribution in [1.29, 1.82) is 0 Å². The predicted molar refractivity (Wildman–Crippen MR) is 76.9 cm³/mol. The van der Waals surface area contributed by atoms with Crippen LogP contribution in [0.15, 0.2) is 60.7 Å². The highest BCUT2D eigenvalue weighted by Gasteiger charge is 2.20. The first-order valence-electron chi connectivity index (χ1n) is 6.07. The highest BCUT2D eigenvalue weighted by molar-refractivity contribution is 5.60. The minimum atomic E-state index is -1.08. The van der Waals surface area contributed by atoms with Crippen LogP contribution in [0.2, 0.25) is 0 Å². The van der Waals surface area contributed by atoms with Crippen molar-refractivity contribution in [3.05, 3.63) is 60.7 Å². The van der Waals surface area contributed by atoms with E-state index in [4.69, 9.17) is 9.90 Å². The Morgan fingerprint density at radius 3 is 1.37 bits per heavy atom. The van der Waals surface area contributed by atoms with Gasteiger partial charge in [-0.3, -0.25) is 4.48 Å². The quantitative estimate of drug-likeness (QED) is 0.775. The van der Waals surface area contributed by atoms with Crippen LogP contribution in [0.3, 0.4) is 0 Å². The van der Waals surface area contributed by atoms with E-state index >= 15 is 0 Å². The molecule has 0 spiro atoms. The molecular weight excluding hydrogens is 238 g/mol. The van der Waals surface area contributed by atoms with Crippen LogP contribution >= 0.6 is 0 Å². The fourth-order valence-corrected chi connectivity index (χ4v) is 1.75. The molecule has 0 radical (unpaired) electrons. The molecule has 0 fully saturated rings. The molecule has 0 unspecified atom stereocenters. The molecule has 2 aromatic rings. The molecule has 0 heterocycles. The number of carboxylic acids is 1. The summed E-state index contributed by atoms with van der Waals surface area (Å²) in [5.74, 6) is -1.08. The van der Waals surface area contributed by atoms with Crippen LogP contribution in [-0.4, -0.2) is 20.1 Å². The second-order valence-corrected chi connectivity index (χ2v) is 4.62. The highest BCUT2D eigenvalue weighted by Crippen LogP contribution is 2.29. The zero-order valence-corrected chi connectivity index (χ0v) is 11.5. The number of quaternary nitrogens is 1. The van der Waals surface area contributed by atoms with E-state index in [0.717, 1.165) is 11.4 Å². The molecule has 0 bridgehead atoms. The molecule has 0 aromatic heterocycles. The number of aliphatic carboxylic acids is 1. The number of hydrogen-bond acceptors (Lipinski definition) is 2. The van der Waals surface area contributed by atoms with Crippen molar-refractivity contribution < 1.29 is 9.90 Å². The van der Waals surface area contributed by atoms with Crippen molar-refractivity contribution in [2.45, 2.75) is 6.92 Å². The van der Waals surface area contributed by atoms with Crippen molar-refractivity contribution in [3.63, 3.8) is 0 Å². The van der Waals surface area contributed by atoms with Crippen LogP contribution < -0.4 is 9.59 Å². The van der Waals surface area contributed by atoms with Crippen molar-refractivity contribution >= 4 is 17.3 Å². The Morgan fingerprint density at radius 2 is 1.11 bits per heavy atom. The molecule has 2 rings (SSSR count). The molecule has 0 aliphatic heterocycles. The van der Waals surface area contributed by atoms with Gasteiger partial charge in [-0.25, -0.2) is 0 Å². The van der Waals surface area contributed by atoms with E-state index in [1.54, 1.807) is 0 Å². The highest BCUT2D eigenvalue weighted by atomic mass is 16.4. The van der Waals surface area contributed by atoms with Crippen molar-refractivity contribution in [1.82, 2.24) is 4.48 Å². The van der Waals surface area contributed by atoms with E-state index in [1.807, 2.05) is 0 Å². The molecule has 3 nitrogen and oxygen atoms in total. The van der Waals surface area contributed by atoms with Gasteiger partial charge in [0, 0.05) is 5.97 Å². The summed E-state index contributed by atoms with van der Waals surface area (Å²) < 4.78 is 0.779. The third kappa shape index (κ3) is 4.56. The van der Waals surface area contributed by atoms with E-state index in [1.165, 1.54) is 11.4 Å². The monoisotopic (exact) mass is 257 g/mol. The van der Waals surface area contributed by atoms with Gasteiger partial charge >= 0.3 is 0 Å². The van der Waals surface area contributed by atoms with Crippen LogP contribution in [0.1, 0.15) is 6.92 Å². The van der Waals surface area contributed by atoms with Gasteiger partial charge in [-0.05, 0) is 31.2 Å². The summed E-state index contributed by atoms with van der Waals surface area (Å²) >= 11 is 0. The maximum absolute atomic E-state index is 8.89. The van der Waals surface area contributed by atoms with Crippen molar-refractivity contribution in [2.75, 3.05) is 14.1 Å². The number of para-hydroxylation sites is 2. The third-order valence-corrected chi connectivity index (χ3v) is 2.80. The van der Waals surface area contributed by atoms with Crippen LogP contribution in [0.25, 0.3) is 0 Å². The Bertz CT molecular complexity index is 461. The van der Waals surface area contributed by atoms with E-state index < -0.39 is 5.97 Å². The first-order valence-corrected chi connectivity index (χ1v) is 6.07. The number of nitrogens with zero attached hydrogens (tertiary/aromatic N) is 1. The molecular formula is C16H19NO2. The molecule has 100 valence electrons. The normalized spacial score (nSPS) is 10.3. The summed E-state index contributed by atoms with van der Waals surface area (Å²) in [5.41, 5.74) is 2.59. The smallest absolute Gasteiger partial charge is 0.137 e. The van der Waals surface area contributed by atoms with Gasteiger partial charge in [0.15, 0.2) is 0 Å². The summed E-state index contributed by atoms with van der Waals surface area (Å²) in [7, 11) is 4.40. The molecule has 0 saturated heterocycles. The minimum Gasteiger partial charge on any atom is -0.550 e. The number of carboxylic acid groups (broad SMARTS) is 1. The molecule has 0 N–H and O–H groups in total. The van der Waals surface area contributed by atoms with Gasteiger partial charge in [0.2, 0.25) is 0 Å². The lowest BCUT2D eigenvalue weighted by Gasteiger charge is -2.28. The lowest BCUT2D eigenvalue weighted by Crippen LogP contribution is -2.33. The molecule has 2 aromatic carbocycles. The Labute approximate surface area is 114 Å². The second-order valence-electron chi connectivity index (χ2n) is 4.62. The Hall–Kier alpha value is -2.13. The molecule has 3 heteroatoms. The number of rotatable bonds is 2. The number of carbonyl (C=O) groups is 1. The lowest BCUT2D eigenvalue weighted by molar-refractivity contribution is -0.302. The molecule has 0 aliphatic rings. The standard InChI is InChI=1S/C14H16N.C2H4O2/c1-15(2,13-9-5-3-6-10-13)14-11-7-4-8-12-14;1-2(3)4/h3-12H,1-2H3;1H3,(H,3,4)/q+1;/p-1. The average Bonchev–Trinajstić information content (AvgIpc) is 2.40. The van der Waals surface area contributed by atoms with Gasteiger partial charge in [-0.2, -0.15) is 0 Å². The predicted octanol–water partition coefficient (Wildman–Crippen LogP) is 2.34. The maximum atomic E-state index is 8.89. The summed E-state index contributed by atoms with van der Waals surface area (Å²) in [5, 5.41) is 8.89. The average molecular weight is 257 g/mol. The molecule has 0 aliphatic carbocycles. The van der Waals surface area contributed by atoms with Gasteiger partial charge in [-0.1, -0.05) is 36.4 Å². The molecule has 0 saturated carbocycles. The van der Waals surface area contributed by atoms with E-state index in [-0.39, 0.29) is 0 Å². The molecule has 0 atom stereocenters. The minimum absolute atomic E-state index is 0.779. The maximum Gasteiger partial charge on any atom is 0.137 e. The lowest BCUT2D eigenvalue weighted by atomic mass is 10.2. The van der Waals surface area contributed by atoms with Crippen LogP contribution in [0, 0.1) is 0 Å². The van der Waals surface area contributed by atoms with Gasteiger partial charge in [0.25, 0.3) is 0 Å². The molecule has 0 amide bonds. The van der Waals surface area contributed by atoms with E-state index in [9.17, 15) is 0 Å². The van der Waals surface area contributed by atoms with Gasteiger partial charge in [0.05, 0.1) is 14.1 Å². The fourth-order valence-electron chi connectivity index (χ4n) is 1.75. The van der Waals surface area contributed by atoms with Gasteiger partial charge in [-0.15, -0.1) is 0 Å². The van der Waals surface area contributed by atoms with Crippen molar-refractivity contribution in [3.8, 4) is 0 Å². The zero-order valence-electron chi connectivity index (χ0n) is 11.5. The summed E-state index contributed by atoms with van der Waals surface area (Å²) in [6.45, 7) is 0.972. The summed E-state index contributed by atoms with van der Waals surface area (Å²) in [6.07, 6.45) is 0. The summed E-state index contributed by atoms with van der Waals surface area (Å²) in [6, 6.07) is 21.1. The van der Waals surface area contributed by atoms with Crippen LogP contribution in [0.4, 0.5) is 11.4 Å². The first-order chi connectivity index (χ1) is 8.94. The first kappa shape index (κ1) is 14.9. The number of carbonyl (C=O) groups excluding carboxylic acids is 1. The van der Waals surface area contributed by atoms with Crippen LogP contribution in [-0.2, 0) is 4.79 Å². The van der Waals surface area contributed by atoms with E-state index in [0.29, 0.717) is 0 Å². The topological polar surface area (TPSA) is 40.1 Å². The largest absolute Gasteiger partial charge is 0.550 e. The zero-order chi connectivity index (χ0) is 14.3. The Kier molecular flexibility index (Phi) is 5.27. The SMILES string of the molecule is CC(=O)[O-].C[N+](C)(c1ccccc1)c1ccccc1. The van der Waals surface area contributed by atoms with Crippen molar-refractivity contribution in [2.24, 2.45) is 0 Å². The molecule has 19 heavy (non-hydrogen) atoms. The van der Waals surface area contributed by atoms with E-state index in [2.05, 4.69) is 74.8 Å². The number of benzene rings is 2. The van der Waals surface area contributed by atoms with Crippen LogP contribution in [0.5, 0.6) is 0 Å². The summed E-state index contributed by atoms with van der Waals surface area (Å²) in [4.78, 5) is 8.89. The fraction of sp³-hybridized carbons (Fsp3) is 0.188. The Balaban J connectivity index is 0.000000399. The van der Waals surface area contributed by atoms with Gasteiger partial charge in [0.1, 0.15) is 11.4 Å². The Morgan fingerprint density at radius 1 is 0.842 bits per heavy atom. The number of hydrogen-bond donors (Lipinski definition) is 0. The van der Waals surface area contributed by atoms with Gasteiger partial charge < -0.3 is 9.90 Å².